The molecule has 0 bridgehead atoms. The minimum absolute atomic E-state index is 0.138. The van der Waals surface area contributed by atoms with E-state index in [0.717, 1.165) is 18.8 Å². The molecule has 2 N–H and O–H groups in total. The van der Waals surface area contributed by atoms with Gasteiger partial charge in [0.05, 0.1) is 11.1 Å². The number of phenols is 1. The third-order valence-electron chi connectivity index (χ3n) is 3.26. The maximum Gasteiger partial charge on any atom is 0.281 e. The molecular formula is C16H19N3O2S. The summed E-state index contributed by atoms with van der Waals surface area (Å²) in [5.41, 5.74) is 3.96. The van der Waals surface area contributed by atoms with Gasteiger partial charge < -0.3 is 10.0 Å². The van der Waals surface area contributed by atoms with Gasteiger partial charge in [0.25, 0.3) is 5.91 Å². The number of anilines is 1. The third-order valence-corrected chi connectivity index (χ3v) is 4.13. The molecular weight excluding hydrogens is 298 g/mol. The van der Waals surface area contributed by atoms with Crippen LogP contribution in [0.4, 0.5) is 5.69 Å². The monoisotopic (exact) mass is 317 g/mol. The van der Waals surface area contributed by atoms with Crippen molar-refractivity contribution < 1.29 is 9.90 Å². The molecule has 6 heteroatoms. The number of hydrogen-bond donors (Lipinski definition) is 2. The second-order valence-corrected chi connectivity index (χ2v) is 5.54. The Morgan fingerprint density at radius 3 is 2.73 bits per heavy atom. The molecule has 0 aliphatic carbocycles. The van der Waals surface area contributed by atoms with Crippen molar-refractivity contribution in [3.05, 3.63) is 46.2 Å². The lowest BCUT2D eigenvalue weighted by atomic mass is 10.2. The molecule has 0 atom stereocenters. The summed E-state index contributed by atoms with van der Waals surface area (Å²) in [5, 5.41) is 15.8. The molecule has 1 aromatic carbocycles. The number of carbonyl (C=O) groups excluding carboxylic acids is 1. The van der Waals surface area contributed by atoms with Gasteiger partial charge in [-0.2, -0.15) is 5.10 Å². The van der Waals surface area contributed by atoms with E-state index in [4.69, 9.17) is 0 Å². The topological polar surface area (TPSA) is 64.9 Å². The van der Waals surface area contributed by atoms with Gasteiger partial charge in [-0.3, -0.25) is 4.79 Å². The van der Waals surface area contributed by atoms with Crippen molar-refractivity contribution in [1.29, 1.82) is 0 Å². The van der Waals surface area contributed by atoms with Gasteiger partial charge in [0.2, 0.25) is 0 Å². The summed E-state index contributed by atoms with van der Waals surface area (Å²) in [7, 11) is 0. The van der Waals surface area contributed by atoms with Crippen molar-refractivity contribution in [2.75, 3.05) is 18.0 Å². The minimum Gasteiger partial charge on any atom is -0.507 e. The van der Waals surface area contributed by atoms with Crippen molar-refractivity contribution in [1.82, 2.24) is 5.43 Å². The number of amides is 1. The first-order valence-corrected chi connectivity index (χ1v) is 7.98. The number of carbonyl (C=O) groups is 1. The number of benzene rings is 1. The number of aromatic hydroxyl groups is 1. The maximum absolute atomic E-state index is 11.7. The number of nitrogens with one attached hydrogen (secondary N) is 1. The number of rotatable bonds is 6. The van der Waals surface area contributed by atoms with Gasteiger partial charge >= 0.3 is 0 Å². The summed E-state index contributed by atoms with van der Waals surface area (Å²) >= 11 is 1.35. The predicted molar refractivity (Wildman–Crippen MR) is 91.0 cm³/mol. The quantitative estimate of drug-likeness (QED) is 0.636. The lowest BCUT2D eigenvalue weighted by Crippen LogP contribution is -2.21. The number of nitrogens with zero attached hydrogens (tertiary/aromatic N) is 2. The van der Waals surface area contributed by atoms with Crippen molar-refractivity contribution in [2.24, 2.45) is 5.10 Å². The molecule has 0 saturated carbocycles. The summed E-state index contributed by atoms with van der Waals surface area (Å²) in [4.78, 5) is 14.5. The zero-order valence-electron chi connectivity index (χ0n) is 12.6. The number of hydrogen-bond acceptors (Lipinski definition) is 5. The molecule has 5 nitrogen and oxygen atoms in total. The summed E-state index contributed by atoms with van der Waals surface area (Å²) in [5.74, 6) is -0.121. The molecule has 0 saturated heterocycles. The molecule has 116 valence electrons. The van der Waals surface area contributed by atoms with Crippen LogP contribution in [0.3, 0.4) is 0 Å². The zero-order chi connectivity index (χ0) is 15.9. The summed E-state index contributed by atoms with van der Waals surface area (Å²) in [6.07, 6.45) is 1.44. The molecule has 1 amide bonds. The van der Waals surface area contributed by atoms with Gasteiger partial charge in [-0.05, 0) is 37.4 Å². The molecule has 0 unspecified atom stereocenters. The molecule has 1 aromatic heterocycles. The highest BCUT2D eigenvalue weighted by atomic mass is 32.1. The number of phenolic OH excluding ortho intramolecular Hbond substituents is 1. The van der Waals surface area contributed by atoms with Gasteiger partial charge in [0.15, 0.2) is 0 Å². The lowest BCUT2D eigenvalue weighted by Gasteiger charge is -2.21. The first kappa shape index (κ1) is 16.0. The predicted octanol–water partition coefficient (Wildman–Crippen LogP) is 3.06. The van der Waals surface area contributed by atoms with E-state index in [0.29, 0.717) is 10.4 Å². The Hall–Kier alpha value is -2.34. The SMILES string of the molecule is CCN(CC)c1ccc(/C=N/NC(=O)c2cccs2)c(O)c1. The largest absolute Gasteiger partial charge is 0.507 e. The van der Waals surface area contributed by atoms with E-state index in [1.807, 2.05) is 11.4 Å². The summed E-state index contributed by atoms with van der Waals surface area (Å²) < 4.78 is 0. The number of thiophene rings is 1. The fraction of sp³-hybridized carbons (Fsp3) is 0.250. The highest BCUT2D eigenvalue weighted by Crippen LogP contribution is 2.23. The first-order valence-electron chi connectivity index (χ1n) is 7.10. The van der Waals surface area contributed by atoms with Crippen molar-refractivity contribution in [3.63, 3.8) is 0 Å². The van der Waals surface area contributed by atoms with E-state index in [-0.39, 0.29) is 11.7 Å². The standard InChI is InChI=1S/C16H19N3O2S/c1-3-19(4-2)13-8-7-12(14(20)10-13)11-17-18-16(21)15-6-5-9-22-15/h5-11,20H,3-4H2,1-2H3,(H,18,21)/b17-11+. The van der Waals surface area contributed by atoms with Crippen molar-refractivity contribution in [2.45, 2.75) is 13.8 Å². The molecule has 0 spiro atoms. The van der Waals surface area contributed by atoms with E-state index >= 15 is 0 Å². The van der Waals surface area contributed by atoms with Crippen LogP contribution in [0.25, 0.3) is 0 Å². The van der Waals surface area contributed by atoms with E-state index < -0.39 is 0 Å². The Morgan fingerprint density at radius 2 is 2.14 bits per heavy atom. The molecule has 0 aliphatic heterocycles. The maximum atomic E-state index is 11.7. The van der Waals surface area contributed by atoms with Crippen molar-refractivity contribution >= 4 is 29.1 Å². The fourth-order valence-electron chi connectivity index (χ4n) is 2.05. The average Bonchev–Trinajstić information content (AvgIpc) is 3.05. The second-order valence-electron chi connectivity index (χ2n) is 4.59. The Morgan fingerprint density at radius 1 is 1.36 bits per heavy atom. The van der Waals surface area contributed by atoms with Crippen LogP contribution in [0.1, 0.15) is 29.1 Å². The molecule has 2 aromatic rings. The van der Waals surface area contributed by atoms with Crippen LogP contribution in [0, 0.1) is 0 Å². The fourth-order valence-corrected chi connectivity index (χ4v) is 2.66. The van der Waals surface area contributed by atoms with Crippen LogP contribution in [-0.4, -0.2) is 30.3 Å². The highest BCUT2D eigenvalue weighted by Gasteiger charge is 2.06. The minimum atomic E-state index is -0.259. The number of hydrazone groups is 1. The van der Waals surface area contributed by atoms with Gasteiger partial charge in [0.1, 0.15) is 5.75 Å². The Bertz CT molecular complexity index is 649. The van der Waals surface area contributed by atoms with Crippen LogP contribution in [0.15, 0.2) is 40.8 Å². The van der Waals surface area contributed by atoms with Gasteiger partial charge in [-0.1, -0.05) is 6.07 Å². The third kappa shape index (κ3) is 3.85. The molecule has 0 fully saturated rings. The van der Waals surface area contributed by atoms with Crippen LogP contribution in [-0.2, 0) is 0 Å². The second kappa shape index (κ2) is 7.61. The van der Waals surface area contributed by atoms with Crippen molar-refractivity contribution in [3.8, 4) is 5.75 Å². The van der Waals surface area contributed by atoms with E-state index in [2.05, 4.69) is 29.3 Å². The van der Waals surface area contributed by atoms with Crippen LogP contribution >= 0.6 is 11.3 Å². The van der Waals surface area contributed by atoms with E-state index in [1.54, 1.807) is 24.3 Å². The smallest absolute Gasteiger partial charge is 0.281 e. The summed E-state index contributed by atoms with van der Waals surface area (Å²) in [6.45, 7) is 5.88. The van der Waals surface area contributed by atoms with E-state index in [9.17, 15) is 9.90 Å². The van der Waals surface area contributed by atoms with Gasteiger partial charge in [0, 0.05) is 30.4 Å². The molecule has 1 heterocycles. The summed E-state index contributed by atoms with van der Waals surface area (Å²) in [6, 6.07) is 8.95. The normalized spacial score (nSPS) is 10.8. The van der Waals surface area contributed by atoms with Gasteiger partial charge in [-0.25, -0.2) is 5.43 Å². The molecule has 2 rings (SSSR count). The molecule has 0 aliphatic rings. The molecule has 0 radical (unpaired) electrons. The first-order chi connectivity index (χ1) is 10.7. The van der Waals surface area contributed by atoms with E-state index in [1.165, 1.54) is 17.6 Å². The Kier molecular flexibility index (Phi) is 5.55. The van der Waals surface area contributed by atoms with Crippen LogP contribution < -0.4 is 10.3 Å². The van der Waals surface area contributed by atoms with Crippen LogP contribution in [0.5, 0.6) is 5.75 Å². The van der Waals surface area contributed by atoms with Gasteiger partial charge in [-0.15, -0.1) is 11.3 Å². The highest BCUT2D eigenvalue weighted by molar-refractivity contribution is 7.12. The zero-order valence-corrected chi connectivity index (χ0v) is 13.4. The lowest BCUT2D eigenvalue weighted by molar-refractivity contribution is 0.0959. The average molecular weight is 317 g/mol. The molecule has 22 heavy (non-hydrogen) atoms. The Labute approximate surface area is 133 Å². The Balaban J connectivity index is 2.04. The van der Waals surface area contributed by atoms with Crippen LogP contribution in [0.2, 0.25) is 0 Å².